The third-order valence-corrected chi connectivity index (χ3v) is 6.38. The second-order valence-electron chi connectivity index (χ2n) is 8.82. The van der Waals surface area contributed by atoms with Gasteiger partial charge in [-0.15, -0.1) is 0 Å². The molecule has 0 saturated heterocycles. The topological polar surface area (TPSA) is 0 Å². The smallest absolute Gasteiger partial charge is 0.269 e. The summed E-state index contributed by atoms with van der Waals surface area (Å²) >= 11 is -0.0918. The van der Waals surface area contributed by atoms with Gasteiger partial charge >= 0.3 is 140 Å². The van der Waals surface area contributed by atoms with E-state index in [0.717, 1.165) is 0 Å². The maximum atomic E-state index is 2.40. The summed E-state index contributed by atoms with van der Waals surface area (Å²) in [5, 5.41) is 0. The van der Waals surface area contributed by atoms with Gasteiger partial charge in [0.05, 0.1) is 0 Å². The SMILES string of the molecule is CC(C)(C)CC1=[C]([Ti][C]2=C(CC(C)(C)C)C=CC2)CC=C1.F.F. The average molecular weight is 358 g/mol. The third-order valence-electron chi connectivity index (χ3n) is 3.80. The van der Waals surface area contributed by atoms with Crippen molar-refractivity contribution < 1.29 is 28.6 Å². The van der Waals surface area contributed by atoms with Gasteiger partial charge in [-0.2, -0.15) is 0 Å². The van der Waals surface area contributed by atoms with Crippen molar-refractivity contribution in [2.45, 2.75) is 67.2 Å². The van der Waals surface area contributed by atoms with Crippen LogP contribution in [0.3, 0.4) is 0 Å². The Morgan fingerprint density at radius 2 is 1.09 bits per heavy atom. The van der Waals surface area contributed by atoms with Gasteiger partial charge in [0.25, 0.3) is 0 Å². The van der Waals surface area contributed by atoms with Crippen LogP contribution in [0, 0.1) is 10.8 Å². The zero-order valence-electron chi connectivity index (χ0n) is 15.5. The molecule has 23 heavy (non-hydrogen) atoms. The van der Waals surface area contributed by atoms with Gasteiger partial charge in [-0.3, -0.25) is 9.41 Å². The van der Waals surface area contributed by atoms with E-state index in [1.807, 2.05) is 0 Å². The van der Waals surface area contributed by atoms with Crippen LogP contribution in [0.15, 0.2) is 43.2 Å². The molecule has 130 valence electrons. The summed E-state index contributed by atoms with van der Waals surface area (Å²) in [6, 6.07) is 0. The Bertz CT molecular complexity index is 475. The zero-order chi connectivity index (χ0) is 15.7. The molecule has 0 amide bonds. The van der Waals surface area contributed by atoms with Gasteiger partial charge in [0.15, 0.2) is 0 Å². The van der Waals surface area contributed by atoms with Gasteiger partial charge in [-0.05, 0) is 0 Å². The summed E-state index contributed by atoms with van der Waals surface area (Å²) < 4.78 is 3.57. The Hall–Kier alpha value is -0.466. The van der Waals surface area contributed by atoms with E-state index >= 15 is 0 Å². The van der Waals surface area contributed by atoms with Gasteiger partial charge < -0.3 is 0 Å². The van der Waals surface area contributed by atoms with Crippen LogP contribution in [0.4, 0.5) is 9.41 Å². The second-order valence-corrected chi connectivity index (χ2v) is 11.1. The van der Waals surface area contributed by atoms with E-state index in [-0.39, 0.29) is 28.6 Å². The van der Waals surface area contributed by atoms with Crippen LogP contribution in [0.2, 0.25) is 0 Å². The molecule has 0 bridgehead atoms. The van der Waals surface area contributed by atoms with Crippen LogP contribution >= 0.6 is 0 Å². The summed E-state index contributed by atoms with van der Waals surface area (Å²) in [6.45, 7) is 14.1. The van der Waals surface area contributed by atoms with Gasteiger partial charge in [-0.1, -0.05) is 0 Å². The predicted octanol–water partition coefficient (Wildman–Crippen LogP) is 6.67. The van der Waals surface area contributed by atoms with E-state index in [4.69, 9.17) is 0 Å². The molecule has 3 heteroatoms. The first-order valence-electron chi connectivity index (χ1n) is 8.18. The van der Waals surface area contributed by atoms with Crippen molar-refractivity contribution in [3.63, 3.8) is 0 Å². The Labute approximate surface area is 149 Å². The van der Waals surface area contributed by atoms with Crippen molar-refractivity contribution in [3.8, 4) is 0 Å². The van der Waals surface area contributed by atoms with E-state index in [9.17, 15) is 0 Å². The van der Waals surface area contributed by atoms with Crippen molar-refractivity contribution >= 4 is 0 Å². The van der Waals surface area contributed by atoms with Gasteiger partial charge in [0.1, 0.15) is 0 Å². The molecule has 0 saturated carbocycles. The van der Waals surface area contributed by atoms with Crippen molar-refractivity contribution in [2.24, 2.45) is 10.8 Å². The molecule has 0 unspecified atom stereocenters. The summed E-state index contributed by atoms with van der Waals surface area (Å²) in [4.78, 5) is 0. The summed E-state index contributed by atoms with van der Waals surface area (Å²) in [7, 11) is 0. The van der Waals surface area contributed by atoms with Crippen LogP contribution in [-0.4, -0.2) is 0 Å². The molecule has 0 atom stereocenters. The van der Waals surface area contributed by atoms with E-state index in [2.05, 4.69) is 65.8 Å². The van der Waals surface area contributed by atoms with Crippen LogP contribution in [0.25, 0.3) is 0 Å². The van der Waals surface area contributed by atoms with Crippen LogP contribution in [-0.2, 0) is 19.2 Å². The molecule has 0 radical (unpaired) electrons. The number of hydrogen-bond acceptors (Lipinski definition) is 0. The van der Waals surface area contributed by atoms with Gasteiger partial charge in [-0.25, -0.2) is 0 Å². The van der Waals surface area contributed by atoms with Gasteiger partial charge in [0, 0.05) is 0 Å². The monoisotopic (exact) mass is 358 g/mol. The summed E-state index contributed by atoms with van der Waals surface area (Å²) in [5.41, 5.74) is 4.10. The number of hydrogen-bond donors (Lipinski definition) is 0. The molecule has 0 aromatic rings. The Kier molecular flexibility index (Phi) is 8.40. The molecule has 0 nitrogen and oxygen atoms in total. The Morgan fingerprint density at radius 1 is 0.739 bits per heavy atom. The molecule has 0 aromatic carbocycles. The first kappa shape index (κ1) is 22.5. The first-order chi connectivity index (χ1) is 9.64. The van der Waals surface area contributed by atoms with Crippen molar-refractivity contribution in [2.75, 3.05) is 0 Å². The van der Waals surface area contributed by atoms with Gasteiger partial charge in [0.2, 0.25) is 0 Å². The van der Waals surface area contributed by atoms with E-state index in [1.165, 1.54) is 25.7 Å². The minimum Gasteiger partial charge on any atom is -0.269 e. The first-order valence-corrected chi connectivity index (χ1v) is 9.74. The molecule has 0 fully saturated rings. The Balaban J connectivity index is 0.00000242. The van der Waals surface area contributed by atoms with E-state index in [0.29, 0.717) is 10.8 Å². The van der Waals surface area contributed by atoms with E-state index in [1.54, 1.807) is 18.9 Å². The summed E-state index contributed by atoms with van der Waals surface area (Å²) in [5.74, 6) is 0. The average Bonchev–Trinajstić information content (AvgIpc) is 2.86. The normalized spacial score (nSPS) is 17.5. The number of halogens is 2. The fourth-order valence-corrected chi connectivity index (χ4v) is 5.31. The summed E-state index contributed by atoms with van der Waals surface area (Å²) in [6.07, 6.45) is 14.5. The fraction of sp³-hybridized carbons (Fsp3) is 0.600. The molecule has 0 aromatic heterocycles. The zero-order valence-corrected chi connectivity index (χ0v) is 17.0. The van der Waals surface area contributed by atoms with Crippen LogP contribution in [0.1, 0.15) is 67.2 Å². The van der Waals surface area contributed by atoms with Crippen molar-refractivity contribution in [1.82, 2.24) is 0 Å². The molecule has 0 N–H and O–H groups in total. The molecule has 0 heterocycles. The fourth-order valence-electron chi connectivity index (χ4n) is 3.02. The van der Waals surface area contributed by atoms with Crippen LogP contribution < -0.4 is 0 Å². The quantitative estimate of drug-likeness (QED) is 0.492. The molecule has 2 rings (SSSR count). The Morgan fingerprint density at radius 3 is 1.39 bits per heavy atom. The molecule has 2 aliphatic rings. The maximum Gasteiger partial charge on any atom is -0.269 e. The standard InChI is InChI=1S/2C10H15.2FH.Ti/c2*1-10(2,3)8-9-6-4-5-7-9;;;/h2*4,6H,5,8H2,1-3H3;2*1H;. The molecule has 2 aliphatic carbocycles. The molecular formula is C20H32F2Ti. The minimum absolute atomic E-state index is 0. The minimum atomic E-state index is -0.0918. The molecular weight excluding hydrogens is 326 g/mol. The molecule has 0 aliphatic heterocycles. The molecule has 0 spiro atoms. The van der Waals surface area contributed by atoms with Crippen LogP contribution in [0.5, 0.6) is 0 Å². The number of allylic oxidation sites excluding steroid dienone is 8. The van der Waals surface area contributed by atoms with E-state index < -0.39 is 0 Å². The van der Waals surface area contributed by atoms with Crippen molar-refractivity contribution in [3.05, 3.63) is 43.2 Å². The number of rotatable bonds is 4. The largest absolute Gasteiger partial charge is 0.269 e. The predicted molar refractivity (Wildman–Crippen MR) is 94.7 cm³/mol. The second kappa shape index (κ2) is 8.58. The third kappa shape index (κ3) is 7.31. The maximum absolute atomic E-state index is 2.40. The van der Waals surface area contributed by atoms with Crippen molar-refractivity contribution in [1.29, 1.82) is 0 Å².